The Morgan fingerprint density at radius 3 is 2.45 bits per heavy atom. The van der Waals surface area contributed by atoms with Gasteiger partial charge in [0, 0.05) is 6.08 Å². The Balaban J connectivity index is 2.36. The van der Waals surface area contributed by atoms with E-state index in [-0.39, 0.29) is 11.8 Å². The third-order valence-electron chi connectivity index (χ3n) is 2.98. The van der Waals surface area contributed by atoms with Crippen LogP contribution in [0.25, 0.3) is 0 Å². The Bertz CT molecular complexity index is 466. The molecule has 0 aromatic carbocycles. The van der Waals surface area contributed by atoms with Crippen LogP contribution in [0, 0.1) is 0 Å². The number of unbranched alkanes of at least 4 members (excludes halogenated alkanes) is 2. The molecule has 0 bridgehead atoms. The third kappa shape index (κ3) is 5.39. The van der Waals surface area contributed by atoms with Crippen molar-refractivity contribution in [1.82, 2.24) is 0 Å². The van der Waals surface area contributed by atoms with Gasteiger partial charge in [-0.25, -0.2) is 4.79 Å². The lowest BCUT2D eigenvalue weighted by molar-refractivity contribution is -0.137. The Morgan fingerprint density at radius 1 is 1.20 bits per heavy atom. The molecular weight excluding hydrogens is 252 g/mol. The first kappa shape index (κ1) is 16.2. The summed E-state index contributed by atoms with van der Waals surface area (Å²) in [6.45, 7) is 5.88. The van der Waals surface area contributed by atoms with Crippen molar-refractivity contribution in [2.75, 3.05) is 6.61 Å². The van der Waals surface area contributed by atoms with E-state index in [9.17, 15) is 9.59 Å². The van der Waals surface area contributed by atoms with Crippen molar-refractivity contribution in [3.05, 3.63) is 47.1 Å². The maximum absolute atomic E-state index is 11.6. The number of carbonyl (C=O) groups is 2. The highest BCUT2D eigenvalue weighted by Crippen LogP contribution is 2.19. The monoisotopic (exact) mass is 274 g/mol. The Kier molecular flexibility index (Phi) is 6.71. The summed E-state index contributed by atoms with van der Waals surface area (Å²) >= 11 is 0. The summed E-state index contributed by atoms with van der Waals surface area (Å²) in [5.41, 5.74) is 2.67. The second-order valence-electron chi connectivity index (χ2n) is 4.77. The first-order valence-electron chi connectivity index (χ1n) is 6.99. The van der Waals surface area contributed by atoms with Gasteiger partial charge in [0.15, 0.2) is 5.78 Å². The van der Waals surface area contributed by atoms with Gasteiger partial charge in [0.2, 0.25) is 0 Å². The van der Waals surface area contributed by atoms with Crippen molar-refractivity contribution in [1.29, 1.82) is 0 Å². The molecule has 3 heteroatoms. The van der Waals surface area contributed by atoms with E-state index in [1.807, 2.05) is 32.1 Å². The first-order valence-corrected chi connectivity index (χ1v) is 6.99. The number of Topliss-reactive ketones (excluding diaryl/α,β-unsaturated/α-hetero) is 1. The molecular formula is C17H22O3. The lowest BCUT2D eigenvalue weighted by atomic mass is 9.95. The second-order valence-corrected chi connectivity index (χ2v) is 4.77. The molecule has 0 radical (unpaired) electrons. The fourth-order valence-corrected chi connectivity index (χ4v) is 1.98. The predicted octanol–water partition coefficient (Wildman–Crippen LogP) is 3.68. The van der Waals surface area contributed by atoms with Crippen LogP contribution in [0.2, 0.25) is 0 Å². The van der Waals surface area contributed by atoms with E-state index in [0.717, 1.165) is 36.0 Å². The number of hydrogen-bond donors (Lipinski definition) is 0. The zero-order valence-electron chi connectivity index (χ0n) is 12.4. The molecule has 108 valence electrons. The van der Waals surface area contributed by atoms with Crippen LogP contribution in [0.5, 0.6) is 0 Å². The maximum atomic E-state index is 11.6. The quantitative estimate of drug-likeness (QED) is 0.421. The summed E-state index contributed by atoms with van der Waals surface area (Å²) < 4.78 is 4.79. The van der Waals surface area contributed by atoms with E-state index >= 15 is 0 Å². The average Bonchev–Trinajstić information content (AvgIpc) is 2.40. The van der Waals surface area contributed by atoms with Gasteiger partial charge in [-0.3, -0.25) is 4.79 Å². The van der Waals surface area contributed by atoms with Gasteiger partial charge < -0.3 is 4.74 Å². The Labute approximate surface area is 120 Å². The van der Waals surface area contributed by atoms with Crippen LogP contribution in [-0.2, 0) is 14.3 Å². The van der Waals surface area contributed by atoms with Crippen molar-refractivity contribution in [2.24, 2.45) is 0 Å². The normalized spacial score (nSPS) is 15.2. The predicted molar refractivity (Wildman–Crippen MR) is 80.2 cm³/mol. The lowest BCUT2D eigenvalue weighted by Gasteiger charge is -2.09. The van der Waals surface area contributed by atoms with Gasteiger partial charge in [-0.05, 0) is 68.9 Å². The topological polar surface area (TPSA) is 43.4 Å². The highest BCUT2D eigenvalue weighted by molar-refractivity contribution is 6.09. The van der Waals surface area contributed by atoms with Gasteiger partial charge in [0.25, 0.3) is 0 Å². The van der Waals surface area contributed by atoms with Crippen LogP contribution >= 0.6 is 0 Å². The molecule has 0 heterocycles. The van der Waals surface area contributed by atoms with Crippen LogP contribution < -0.4 is 0 Å². The van der Waals surface area contributed by atoms with Gasteiger partial charge in [-0.15, -0.1) is 0 Å². The van der Waals surface area contributed by atoms with Crippen LogP contribution in [0.3, 0.4) is 0 Å². The second kappa shape index (κ2) is 8.31. The van der Waals surface area contributed by atoms with E-state index in [1.165, 1.54) is 6.08 Å². The van der Waals surface area contributed by atoms with Crippen LogP contribution in [0.1, 0.15) is 40.0 Å². The number of carbonyl (C=O) groups excluding carboxylic acids is 2. The molecule has 0 spiro atoms. The number of allylic oxidation sites excluding steroid dienone is 7. The number of rotatable bonds is 6. The highest BCUT2D eigenvalue weighted by Gasteiger charge is 2.11. The van der Waals surface area contributed by atoms with Gasteiger partial charge in [-0.2, -0.15) is 0 Å². The molecule has 20 heavy (non-hydrogen) atoms. The Morgan fingerprint density at radius 2 is 1.85 bits per heavy atom. The molecule has 1 aliphatic rings. The number of esters is 1. The molecule has 0 unspecified atom stereocenters. The molecule has 0 saturated carbocycles. The van der Waals surface area contributed by atoms with Gasteiger partial charge in [0.1, 0.15) is 0 Å². The Hall–Kier alpha value is -1.90. The van der Waals surface area contributed by atoms with Crippen molar-refractivity contribution in [3.8, 4) is 0 Å². The smallest absolute Gasteiger partial charge is 0.330 e. The summed E-state index contributed by atoms with van der Waals surface area (Å²) in [6.07, 6.45) is 12.0. The molecule has 0 aromatic rings. The fraction of sp³-hybridized carbons (Fsp3) is 0.412. The summed E-state index contributed by atoms with van der Waals surface area (Å²) in [5, 5.41) is 0. The summed E-state index contributed by atoms with van der Waals surface area (Å²) in [7, 11) is 0. The minimum absolute atomic E-state index is 0.125. The largest absolute Gasteiger partial charge is 0.463 e. The molecule has 1 rings (SSSR count). The van der Waals surface area contributed by atoms with E-state index in [2.05, 4.69) is 6.08 Å². The van der Waals surface area contributed by atoms with Crippen molar-refractivity contribution >= 4 is 11.8 Å². The van der Waals surface area contributed by atoms with E-state index in [0.29, 0.717) is 6.61 Å². The van der Waals surface area contributed by atoms with Gasteiger partial charge in [-0.1, -0.05) is 12.2 Å². The molecule has 0 saturated heterocycles. The minimum atomic E-state index is -0.284. The molecule has 1 aliphatic carbocycles. The summed E-state index contributed by atoms with van der Waals surface area (Å²) in [5.74, 6) is -0.159. The maximum Gasteiger partial charge on any atom is 0.330 e. The van der Waals surface area contributed by atoms with E-state index in [4.69, 9.17) is 4.74 Å². The first-order chi connectivity index (χ1) is 9.54. The summed E-state index contributed by atoms with van der Waals surface area (Å²) in [4.78, 5) is 22.6. The molecule has 3 nitrogen and oxygen atoms in total. The van der Waals surface area contributed by atoms with Crippen molar-refractivity contribution < 1.29 is 14.3 Å². The third-order valence-corrected chi connectivity index (χ3v) is 2.98. The minimum Gasteiger partial charge on any atom is -0.463 e. The molecule has 0 aliphatic heterocycles. The zero-order chi connectivity index (χ0) is 15.0. The molecule has 0 aromatic heterocycles. The number of ether oxygens (including phenoxy) is 1. The lowest BCUT2D eigenvalue weighted by Crippen LogP contribution is -2.05. The van der Waals surface area contributed by atoms with E-state index in [1.54, 1.807) is 6.92 Å². The fourth-order valence-electron chi connectivity index (χ4n) is 1.98. The highest BCUT2D eigenvalue weighted by atomic mass is 16.5. The van der Waals surface area contributed by atoms with Gasteiger partial charge >= 0.3 is 5.97 Å². The van der Waals surface area contributed by atoms with Crippen molar-refractivity contribution in [2.45, 2.75) is 40.0 Å². The zero-order valence-corrected chi connectivity index (χ0v) is 12.4. The standard InChI is InChI=1S/C17H22O3/c1-4-20-16(18)10-8-6-5-7-9-15-11-13(2)17(19)14(3)12-15/h8-12H,4-7H2,1-3H3/b10-8+. The van der Waals surface area contributed by atoms with Crippen molar-refractivity contribution in [3.63, 3.8) is 0 Å². The van der Waals surface area contributed by atoms with E-state index < -0.39 is 0 Å². The van der Waals surface area contributed by atoms with Gasteiger partial charge in [0.05, 0.1) is 6.61 Å². The average molecular weight is 274 g/mol. The number of hydrogen-bond acceptors (Lipinski definition) is 3. The van der Waals surface area contributed by atoms with Crippen LogP contribution in [0.15, 0.2) is 47.1 Å². The molecule has 0 amide bonds. The molecule has 0 fully saturated rings. The van der Waals surface area contributed by atoms with Crippen LogP contribution in [0.4, 0.5) is 0 Å². The molecule has 0 N–H and O–H groups in total. The number of ketones is 1. The summed E-state index contributed by atoms with van der Waals surface area (Å²) in [6, 6.07) is 0. The van der Waals surface area contributed by atoms with Crippen LogP contribution in [-0.4, -0.2) is 18.4 Å². The SMILES string of the molecule is CCOC(=O)/C=C/CCCC=C1C=C(C)C(=O)C(C)=C1. The molecule has 0 atom stereocenters.